The van der Waals surface area contributed by atoms with Gasteiger partial charge in [0.2, 0.25) is 5.91 Å². The Hall–Kier alpha value is -1.57. The molecule has 0 aliphatic rings. The number of imidazole rings is 1. The molecule has 2 aromatic heterocycles. The Kier molecular flexibility index (Phi) is 5.82. The minimum atomic E-state index is -0.769. The summed E-state index contributed by atoms with van der Waals surface area (Å²) in [5.41, 5.74) is 18.0. The second kappa shape index (κ2) is 7.62. The van der Waals surface area contributed by atoms with Crippen LogP contribution in [0.5, 0.6) is 0 Å². The van der Waals surface area contributed by atoms with Gasteiger partial charge in [-0.3, -0.25) is 8.77 Å². The van der Waals surface area contributed by atoms with E-state index in [4.69, 9.17) is 19.7 Å². The summed E-state index contributed by atoms with van der Waals surface area (Å²) in [5, 5.41) is 2.59. The number of amides is 1. The molecule has 0 bridgehead atoms. The van der Waals surface area contributed by atoms with Gasteiger partial charge in [0.15, 0.2) is 0 Å². The number of nitrogen functional groups attached to an aromatic ring is 2. The maximum Gasteiger partial charge on any atom is 0.242 e. The van der Waals surface area contributed by atoms with Gasteiger partial charge in [-0.1, -0.05) is 0 Å². The van der Waals surface area contributed by atoms with Gasteiger partial charge in [-0.25, -0.2) is 12.5 Å². The Morgan fingerprint density at radius 1 is 1.50 bits per heavy atom. The van der Waals surface area contributed by atoms with E-state index >= 15 is 0 Å². The number of rotatable bonds is 6. The largest absolute Gasteiger partial charge is 0.396 e. The van der Waals surface area contributed by atoms with Gasteiger partial charge in [-0.15, -0.1) is 0 Å². The van der Waals surface area contributed by atoms with Crippen molar-refractivity contribution in [3.63, 3.8) is 0 Å². The standard InChI is InChI=1S/C11H14IN7O2S/c12-21-22-19-4-6(16-5-19)3-8(14)11(20)18-9-2-1-7(13)10(15)17-9/h1-2,4-5,8H,3,13-14H2,(H3,15,17,18,20). The summed E-state index contributed by atoms with van der Waals surface area (Å²) in [7, 11) is 0. The van der Waals surface area contributed by atoms with Crippen LogP contribution in [0.3, 0.4) is 0 Å². The maximum absolute atomic E-state index is 12.0. The summed E-state index contributed by atoms with van der Waals surface area (Å²) in [6, 6.07) is 2.35. The monoisotopic (exact) mass is 435 g/mol. The van der Waals surface area contributed by atoms with Crippen molar-refractivity contribution < 1.29 is 7.31 Å². The van der Waals surface area contributed by atoms with Crippen molar-refractivity contribution in [1.82, 2.24) is 13.9 Å². The molecule has 9 nitrogen and oxygen atoms in total. The predicted octanol–water partition coefficient (Wildman–Crippen LogP) is 0.729. The Morgan fingerprint density at radius 3 is 2.95 bits per heavy atom. The quantitative estimate of drug-likeness (QED) is 0.384. The fourth-order valence-electron chi connectivity index (χ4n) is 1.62. The molecule has 0 saturated heterocycles. The number of nitrogens with zero attached hydrogens (tertiary/aromatic N) is 3. The van der Waals surface area contributed by atoms with Crippen LogP contribution in [-0.4, -0.2) is 25.9 Å². The molecule has 1 atom stereocenters. The summed E-state index contributed by atoms with van der Waals surface area (Å²) in [6.45, 7) is 0. The van der Waals surface area contributed by atoms with Crippen molar-refractivity contribution in [3.05, 3.63) is 30.4 Å². The highest BCUT2D eigenvalue weighted by Crippen LogP contribution is 2.15. The van der Waals surface area contributed by atoms with Crippen molar-refractivity contribution in [2.75, 3.05) is 16.8 Å². The minimum Gasteiger partial charge on any atom is -0.396 e. The number of halogens is 1. The smallest absolute Gasteiger partial charge is 0.242 e. The van der Waals surface area contributed by atoms with E-state index in [2.05, 4.69) is 15.3 Å². The highest BCUT2D eigenvalue weighted by Gasteiger charge is 2.16. The van der Waals surface area contributed by atoms with Gasteiger partial charge < -0.3 is 22.5 Å². The number of anilines is 3. The molecule has 2 aromatic rings. The van der Waals surface area contributed by atoms with Crippen molar-refractivity contribution in [2.24, 2.45) is 5.73 Å². The summed E-state index contributed by atoms with van der Waals surface area (Å²) < 4.78 is 6.52. The molecule has 22 heavy (non-hydrogen) atoms. The molecule has 2 heterocycles. The lowest BCUT2D eigenvalue weighted by atomic mass is 10.1. The lowest BCUT2D eigenvalue weighted by Gasteiger charge is -2.11. The lowest BCUT2D eigenvalue weighted by molar-refractivity contribution is -0.117. The SMILES string of the molecule is Nc1ccc(NC(=O)C(N)Cc2cn(SOI)cn2)nc1N. The summed E-state index contributed by atoms with van der Waals surface area (Å²) >= 11 is 2.85. The number of nitrogens with two attached hydrogens (primary N) is 3. The number of hydrogen-bond acceptors (Lipinski definition) is 8. The van der Waals surface area contributed by atoms with Crippen LogP contribution in [0.15, 0.2) is 24.7 Å². The first-order chi connectivity index (χ1) is 10.5. The summed E-state index contributed by atoms with van der Waals surface area (Å²) in [6.07, 6.45) is 3.59. The number of nitrogens with one attached hydrogen (secondary N) is 1. The third-order valence-corrected chi connectivity index (χ3v) is 3.61. The topological polar surface area (TPSA) is 147 Å². The predicted molar refractivity (Wildman–Crippen MR) is 93.7 cm³/mol. The molecule has 0 aliphatic heterocycles. The maximum atomic E-state index is 12.0. The highest BCUT2D eigenvalue weighted by molar-refractivity contribution is 14.1. The Labute approximate surface area is 145 Å². The fraction of sp³-hybridized carbons (Fsp3) is 0.182. The van der Waals surface area contributed by atoms with Crippen LogP contribution in [0.2, 0.25) is 0 Å². The van der Waals surface area contributed by atoms with Gasteiger partial charge in [-0.2, -0.15) is 0 Å². The number of carbonyl (C=O) groups excluding carboxylic acids is 1. The fourth-order valence-corrected chi connectivity index (χ4v) is 2.49. The van der Waals surface area contributed by atoms with E-state index in [0.29, 0.717) is 17.2 Å². The Bertz CT molecular complexity index is 666. The first-order valence-electron chi connectivity index (χ1n) is 6.06. The molecule has 7 N–H and O–H groups in total. The summed E-state index contributed by atoms with van der Waals surface area (Å²) in [4.78, 5) is 20.1. The van der Waals surface area contributed by atoms with Crippen LogP contribution in [0.4, 0.5) is 17.3 Å². The highest BCUT2D eigenvalue weighted by atomic mass is 127. The lowest BCUT2D eigenvalue weighted by Crippen LogP contribution is -2.37. The van der Waals surface area contributed by atoms with E-state index in [1.165, 1.54) is 0 Å². The zero-order valence-electron chi connectivity index (χ0n) is 11.3. The van der Waals surface area contributed by atoms with Crippen LogP contribution in [0.1, 0.15) is 5.69 Å². The third kappa shape index (κ3) is 4.46. The molecule has 0 fully saturated rings. The molecule has 2 rings (SSSR count). The Morgan fingerprint density at radius 2 is 2.27 bits per heavy atom. The summed E-state index contributed by atoms with van der Waals surface area (Å²) in [5.74, 6) is 0.0662. The van der Waals surface area contributed by atoms with E-state index in [1.807, 2.05) is 0 Å². The number of hydrogen-bond donors (Lipinski definition) is 4. The van der Waals surface area contributed by atoms with Crippen LogP contribution in [0, 0.1) is 0 Å². The molecule has 0 aromatic carbocycles. The molecular formula is C11H14IN7O2S. The van der Waals surface area contributed by atoms with E-state index in [1.54, 1.807) is 51.6 Å². The zero-order valence-corrected chi connectivity index (χ0v) is 14.2. The third-order valence-electron chi connectivity index (χ3n) is 2.70. The molecule has 118 valence electrons. The Balaban J connectivity index is 1.94. The van der Waals surface area contributed by atoms with Crippen LogP contribution in [0.25, 0.3) is 0 Å². The molecule has 0 saturated carbocycles. The van der Waals surface area contributed by atoms with Gasteiger partial charge in [0.25, 0.3) is 0 Å². The molecule has 0 aliphatic carbocycles. The minimum absolute atomic E-state index is 0.154. The molecule has 11 heteroatoms. The number of aromatic nitrogens is 3. The van der Waals surface area contributed by atoms with E-state index in [0.717, 1.165) is 12.2 Å². The van der Waals surface area contributed by atoms with Crippen molar-refractivity contribution >= 4 is 58.5 Å². The molecule has 0 spiro atoms. The zero-order chi connectivity index (χ0) is 16.1. The van der Waals surface area contributed by atoms with Gasteiger partial charge >= 0.3 is 0 Å². The first-order valence-corrected chi connectivity index (χ1v) is 7.64. The second-order valence-electron chi connectivity index (χ2n) is 4.33. The van der Waals surface area contributed by atoms with Crippen molar-refractivity contribution in [3.8, 4) is 0 Å². The van der Waals surface area contributed by atoms with Gasteiger partial charge in [0.05, 0.1) is 17.4 Å². The van der Waals surface area contributed by atoms with Gasteiger partial charge in [0.1, 0.15) is 53.2 Å². The molecule has 1 amide bonds. The van der Waals surface area contributed by atoms with Crippen LogP contribution < -0.4 is 22.5 Å². The van der Waals surface area contributed by atoms with E-state index < -0.39 is 6.04 Å². The van der Waals surface area contributed by atoms with Crippen LogP contribution >= 0.6 is 35.2 Å². The molecule has 0 radical (unpaired) electrons. The molecular weight excluding hydrogens is 421 g/mol. The second-order valence-corrected chi connectivity index (χ2v) is 6.11. The van der Waals surface area contributed by atoms with E-state index in [9.17, 15) is 4.79 Å². The van der Waals surface area contributed by atoms with Crippen LogP contribution in [-0.2, 0) is 13.7 Å². The van der Waals surface area contributed by atoms with Crippen molar-refractivity contribution in [1.29, 1.82) is 0 Å². The van der Waals surface area contributed by atoms with E-state index in [-0.39, 0.29) is 18.1 Å². The van der Waals surface area contributed by atoms with Gasteiger partial charge in [-0.05, 0) is 12.1 Å². The molecule has 1 unspecified atom stereocenters. The normalized spacial score (nSPS) is 12.1. The number of carbonyl (C=O) groups is 1. The number of pyridine rings is 1. The van der Waals surface area contributed by atoms with Gasteiger partial charge in [0, 0.05) is 12.6 Å². The van der Waals surface area contributed by atoms with Crippen molar-refractivity contribution in [2.45, 2.75) is 12.5 Å². The average Bonchev–Trinajstić information content (AvgIpc) is 2.90. The first kappa shape index (κ1) is 16.8. The average molecular weight is 435 g/mol.